The molecular weight excluding hydrogens is 170 g/mol. The van der Waals surface area contributed by atoms with Gasteiger partial charge < -0.3 is 5.32 Å². The van der Waals surface area contributed by atoms with E-state index in [0.717, 1.165) is 6.54 Å². The van der Waals surface area contributed by atoms with Gasteiger partial charge in [0.25, 0.3) is 0 Å². The van der Waals surface area contributed by atoms with Gasteiger partial charge in [-0.05, 0) is 7.05 Å². The van der Waals surface area contributed by atoms with Crippen molar-refractivity contribution in [2.24, 2.45) is 0 Å². The molecule has 0 aromatic carbocycles. The zero-order chi connectivity index (χ0) is 8.39. The monoisotopic (exact) mass is 183 g/mol. The Balaban J connectivity index is 2.02. The van der Waals surface area contributed by atoms with E-state index in [1.165, 1.54) is 17.1 Å². The van der Waals surface area contributed by atoms with Crippen LogP contribution in [0.2, 0.25) is 0 Å². The summed E-state index contributed by atoms with van der Waals surface area (Å²) in [4.78, 5) is 0. The van der Waals surface area contributed by atoms with E-state index in [4.69, 9.17) is 0 Å². The Morgan fingerprint density at radius 2 is 2.58 bits per heavy atom. The predicted octanol–water partition coefficient (Wildman–Crippen LogP) is 0.890. The normalized spacial score (nSPS) is 17.8. The van der Waals surface area contributed by atoms with E-state index in [1.54, 1.807) is 0 Å². The van der Waals surface area contributed by atoms with E-state index in [0.29, 0.717) is 6.04 Å². The molecule has 1 aromatic rings. The van der Waals surface area contributed by atoms with E-state index in [1.807, 2.05) is 25.0 Å². The lowest BCUT2D eigenvalue weighted by molar-refractivity contribution is 0.526. The highest BCUT2D eigenvalue weighted by atomic mass is 32.2. The van der Waals surface area contributed by atoms with Crippen LogP contribution < -0.4 is 5.32 Å². The molecule has 0 spiro atoms. The van der Waals surface area contributed by atoms with E-state index >= 15 is 0 Å². The molecule has 0 saturated carbocycles. The fourth-order valence-corrected chi connectivity index (χ4v) is 2.00. The van der Waals surface area contributed by atoms with Gasteiger partial charge in [0.1, 0.15) is 0 Å². The number of aromatic nitrogens is 2. The third-order valence-corrected chi connectivity index (χ3v) is 3.27. The van der Waals surface area contributed by atoms with Crippen molar-refractivity contribution in [3.8, 4) is 0 Å². The van der Waals surface area contributed by atoms with Crippen LogP contribution in [0.5, 0.6) is 0 Å². The van der Waals surface area contributed by atoms with Crippen molar-refractivity contribution in [1.29, 1.82) is 0 Å². The molecule has 66 valence electrons. The molecule has 2 rings (SSSR count). The Hall–Kier alpha value is -0.480. The number of hydrogen-bond donors (Lipinski definition) is 1. The molecule has 0 atom stereocenters. The number of nitrogens with zero attached hydrogens (tertiary/aromatic N) is 2. The minimum atomic E-state index is 0.653. The molecule has 4 heteroatoms. The molecule has 0 bridgehead atoms. The summed E-state index contributed by atoms with van der Waals surface area (Å²) in [7, 11) is 1.95. The summed E-state index contributed by atoms with van der Waals surface area (Å²) in [6, 6.07) is 0.653. The predicted molar refractivity (Wildman–Crippen MR) is 51.4 cm³/mol. The fraction of sp³-hybridized carbons (Fsp3) is 0.625. The fourth-order valence-electron chi connectivity index (χ4n) is 1.25. The maximum atomic E-state index is 4.32. The van der Waals surface area contributed by atoms with Crippen LogP contribution in [0.25, 0.3) is 0 Å². The molecule has 12 heavy (non-hydrogen) atoms. The van der Waals surface area contributed by atoms with Crippen LogP contribution in [0, 0.1) is 0 Å². The first kappa shape index (κ1) is 8.13. The lowest BCUT2D eigenvalue weighted by Crippen LogP contribution is -2.23. The first-order valence-electron chi connectivity index (χ1n) is 4.15. The Morgan fingerprint density at radius 1 is 1.75 bits per heavy atom. The standard InChI is InChI=1S/C8H13N3S/c1-9-2-7-3-10-11(4-7)8-5-12-6-8/h3-4,8-9H,2,5-6H2,1H3. The van der Waals surface area contributed by atoms with Crippen molar-refractivity contribution in [3.63, 3.8) is 0 Å². The third kappa shape index (κ3) is 1.49. The summed E-state index contributed by atoms with van der Waals surface area (Å²) >= 11 is 1.99. The van der Waals surface area contributed by atoms with Gasteiger partial charge in [-0.1, -0.05) is 0 Å². The van der Waals surface area contributed by atoms with E-state index in [-0.39, 0.29) is 0 Å². The van der Waals surface area contributed by atoms with Gasteiger partial charge in [0, 0.05) is 29.8 Å². The SMILES string of the molecule is CNCc1cnn(C2CSC2)c1. The van der Waals surface area contributed by atoms with Crippen molar-refractivity contribution >= 4 is 11.8 Å². The molecule has 1 saturated heterocycles. The molecule has 1 aliphatic heterocycles. The summed E-state index contributed by atoms with van der Waals surface area (Å²) in [5.74, 6) is 2.45. The van der Waals surface area contributed by atoms with Crippen molar-refractivity contribution in [1.82, 2.24) is 15.1 Å². The van der Waals surface area contributed by atoms with Crippen LogP contribution in [0.4, 0.5) is 0 Å². The van der Waals surface area contributed by atoms with Crippen LogP contribution in [-0.4, -0.2) is 28.3 Å². The first-order chi connectivity index (χ1) is 5.90. The van der Waals surface area contributed by atoms with Gasteiger partial charge in [-0.3, -0.25) is 4.68 Å². The summed E-state index contributed by atoms with van der Waals surface area (Å²) in [5, 5.41) is 7.43. The number of nitrogens with one attached hydrogen (secondary N) is 1. The lowest BCUT2D eigenvalue weighted by Gasteiger charge is -2.24. The summed E-state index contributed by atoms with van der Waals surface area (Å²) in [6.07, 6.45) is 4.08. The smallest absolute Gasteiger partial charge is 0.0699 e. The number of rotatable bonds is 3. The van der Waals surface area contributed by atoms with Crippen LogP contribution in [0.15, 0.2) is 12.4 Å². The van der Waals surface area contributed by atoms with Gasteiger partial charge in [-0.2, -0.15) is 16.9 Å². The molecule has 0 unspecified atom stereocenters. The second-order valence-electron chi connectivity index (χ2n) is 3.05. The summed E-state index contributed by atoms with van der Waals surface area (Å²) < 4.78 is 2.09. The molecule has 1 aliphatic rings. The zero-order valence-electron chi connectivity index (χ0n) is 7.16. The van der Waals surface area contributed by atoms with Gasteiger partial charge in [-0.15, -0.1) is 0 Å². The minimum Gasteiger partial charge on any atom is -0.316 e. The Morgan fingerprint density at radius 3 is 3.17 bits per heavy atom. The number of thioether (sulfide) groups is 1. The molecule has 0 aliphatic carbocycles. The third-order valence-electron chi connectivity index (χ3n) is 2.03. The molecule has 1 fully saturated rings. The van der Waals surface area contributed by atoms with Crippen LogP contribution in [0.1, 0.15) is 11.6 Å². The molecule has 1 aromatic heterocycles. The number of hydrogen-bond acceptors (Lipinski definition) is 3. The van der Waals surface area contributed by atoms with Crippen molar-refractivity contribution in [2.75, 3.05) is 18.6 Å². The molecule has 0 radical (unpaired) electrons. The highest BCUT2D eigenvalue weighted by Crippen LogP contribution is 2.28. The van der Waals surface area contributed by atoms with Crippen molar-refractivity contribution in [3.05, 3.63) is 18.0 Å². The van der Waals surface area contributed by atoms with Crippen LogP contribution in [0.3, 0.4) is 0 Å². The molecular formula is C8H13N3S. The van der Waals surface area contributed by atoms with E-state index < -0.39 is 0 Å². The summed E-state index contributed by atoms with van der Waals surface area (Å²) in [6.45, 7) is 0.917. The average Bonchev–Trinajstić information content (AvgIpc) is 2.34. The maximum absolute atomic E-state index is 4.32. The molecule has 1 N–H and O–H groups in total. The topological polar surface area (TPSA) is 29.9 Å². The second kappa shape index (κ2) is 3.49. The largest absolute Gasteiger partial charge is 0.316 e. The van der Waals surface area contributed by atoms with Crippen LogP contribution >= 0.6 is 11.8 Å². The van der Waals surface area contributed by atoms with Gasteiger partial charge >= 0.3 is 0 Å². The maximum Gasteiger partial charge on any atom is 0.0699 e. The highest BCUT2D eigenvalue weighted by Gasteiger charge is 2.20. The van der Waals surface area contributed by atoms with Gasteiger partial charge in [-0.25, -0.2) is 0 Å². The van der Waals surface area contributed by atoms with E-state index in [2.05, 4.69) is 21.3 Å². The quantitative estimate of drug-likeness (QED) is 0.755. The first-order valence-corrected chi connectivity index (χ1v) is 5.31. The van der Waals surface area contributed by atoms with Gasteiger partial charge in [0.15, 0.2) is 0 Å². The van der Waals surface area contributed by atoms with Crippen LogP contribution in [-0.2, 0) is 6.54 Å². The molecule has 3 nitrogen and oxygen atoms in total. The molecule has 2 heterocycles. The Kier molecular flexibility index (Phi) is 2.37. The summed E-state index contributed by atoms with van der Waals surface area (Å²) in [5.41, 5.74) is 1.27. The average molecular weight is 183 g/mol. The van der Waals surface area contributed by atoms with E-state index in [9.17, 15) is 0 Å². The molecule has 0 amide bonds. The Labute approximate surface area is 76.5 Å². The highest BCUT2D eigenvalue weighted by molar-refractivity contribution is 8.00. The Bertz CT molecular complexity index is 255. The van der Waals surface area contributed by atoms with Gasteiger partial charge in [0.05, 0.1) is 12.2 Å². The minimum absolute atomic E-state index is 0.653. The zero-order valence-corrected chi connectivity index (χ0v) is 7.97. The van der Waals surface area contributed by atoms with Crippen molar-refractivity contribution in [2.45, 2.75) is 12.6 Å². The lowest BCUT2D eigenvalue weighted by atomic mass is 10.3. The second-order valence-corrected chi connectivity index (χ2v) is 4.13. The van der Waals surface area contributed by atoms with Gasteiger partial charge in [0.2, 0.25) is 0 Å². The van der Waals surface area contributed by atoms with Crippen molar-refractivity contribution < 1.29 is 0 Å².